The van der Waals surface area contributed by atoms with E-state index >= 15 is 0 Å². The summed E-state index contributed by atoms with van der Waals surface area (Å²) >= 11 is 0. The first kappa shape index (κ1) is 13.9. The standard InChI is InChI=1S/C13H23N3O/c1-7-8-15-11(14-5)16-10-9-13(4,17-6)12(10,2)3/h1,10H,8-9H2,2-6H3,(H2,14,15,16). The molecule has 2 unspecified atom stereocenters. The number of hydrogen-bond acceptors (Lipinski definition) is 2. The number of hydrogen-bond donors (Lipinski definition) is 2. The Morgan fingerprint density at radius 1 is 1.53 bits per heavy atom. The molecule has 0 saturated heterocycles. The molecule has 1 saturated carbocycles. The van der Waals surface area contributed by atoms with Crippen molar-refractivity contribution in [2.45, 2.75) is 38.8 Å². The SMILES string of the molecule is C#CCNC(=NC)NC1CC(C)(OC)C1(C)C. The summed E-state index contributed by atoms with van der Waals surface area (Å²) in [7, 11) is 3.51. The molecule has 2 atom stereocenters. The van der Waals surface area contributed by atoms with Crippen molar-refractivity contribution in [1.29, 1.82) is 0 Å². The quantitative estimate of drug-likeness (QED) is 0.437. The molecule has 0 aliphatic heterocycles. The minimum absolute atomic E-state index is 0.0650. The average molecular weight is 237 g/mol. The van der Waals surface area contributed by atoms with Crippen LogP contribution in [0, 0.1) is 17.8 Å². The smallest absolute Gasteiger partial charge is 0.191 e. The first-order valence-corrected chi connectivity index (χ1v) is 5.87. The Morgan fingerprint density at radius 3 is 2.59 bits per heavy atom. The van der Waals surface area contributed by atoms with Gasteiger partial charge in [0, 0.05) is 25.6 Å². The summed E-state index contributed by atoms with van der Waals surface area (Å²) in [5.41, 5.74) is -0.00878. The van der Waals surface area contributed by atoms with E-state index in [2.05, 4.69) is 42.3 Å². The molecule has 1 aliphatic rings. The van der Waals surface area contributed by atoms with Gasteiger partial charge in [-0.25, -0.2) is 0 Å². The van der Waals surface area contributed by atoms with Crippen molar-refractivity contribution in [3.63, 3.8) is 0 Å². The predicted octanol–water partition coefficient (Wildman–Crippen LogP) is 0.988. The van der Waals surface area contributed by atoms with Gasteiger partial charge in [-0.05, 0) is 13.3 Å². The van der Waals surface area contributed by atoms with E-state index in [1.807, 2.05) is 0 Å². The molecule has 0 aromatic rings. The fourth-order valence-corrected chi connectivity index (χ4v) is 2.22. The van der Waals surface area contributed by atoms with Crippen LogP contribution >= 0.6 is 0 Å². The lowest BCUT2D eigenvalue weighted by atomic mass is 9.56. The predicted molar refractivity (Wildman–Crippen MR) is 70.9 cm³/mol. The molecule has 0 amide bonds. The van der Waals surface area contributed by atoms with Crippen molar-refractivity contribution >= 4 is 5.96 Å². The third-order valence-electron chi connectivity index (χ3n) is 4.17. The Labute approximate surface area is 104 Å². The summed E-state index contributed by atoms with van der Waals surface area (Å²) in [5, 5.41) is 6.44. The van der Waals surface area contributed by atoms with Crippen LogP contribution in [0.4, 0.5) is 0 Å². The zero-order valence-electron chi connectivity index (χ0n) is 11.4. The van der Waals surface area contributed by atoms with Crippen molar-refractivity contribution in [1.82, 2.24) is 10.6 Å². The maximum Gasteiger partial charge on any atom is 0.191 e. The van der Waals surface area contributed by atoms with Gasteiger partial charge in [-0.2, -0.15) is 0 Å². The van der Waals surface area contributed by atoms with Crippen LogP contribution in [0.25, 0.3) is 0 Å². The molecule has 1 fully saturated rings. The lowest BCUT2D eigenvalue weighted by Gasteiger charge is -2.59. The molecule has 0 radical (unpaired) electrons. The molecule has 96 valence electrons. The van der Waals surface area contributed by atoms with Crippen LogP contribution in [0.15, 0.2) is 4.99 Å². The van der Waals surface area contributed by atoms with Crippen molar-refractivity contribution in [3.05, 3.63) is 0 Å². The van der Waals surface area contributed by atoms with Gasteiger partial charge in [-0.1, -0.05) is 19.8 Å². The fraction of sp³-hybridized carbons (Fsp3) is 0.769. The van der Waals surface area contributed by atoms with Crippen molar-refractivity contribution in [3.8, 4) is 12.3 Å². The van der Waals surface area contributed by atoms with Crippen LogP contribution in [-0.2, 0) is 4.74 Å². The summed E-state index contributed by atoms with van der Waals surface area (Å²) in [6.07, 6.45) is 6.18. The fourth-order valence-electron chi connectivity index (χ4n) is 2.22. The summed E-state index contributed by atoms with van der Waals surface area (Å²) in [6.45, 7) is 7.02. The number of aliphatic imine (C=N–C) groups is 1. The number of rotatable bonds is 3. The van der Waals surface area contributed by atoms with Crippen molar-refractivity contribution in [2.24, 2.45) is 10.4 Å². The summed E-state index contributed by atoms with van der Waals surface area (Å²) in [6, 6.07) is 0.344. The van der Waals surface area contributed by atoms with Gasteiger partial charge in [0.25, 0.3) is 0 Å². The van der Waals surface area contributed by atoms with E-state index in [0.717, 1.165) is 12.4 Å². The van der Waals surface area contributed by atoms with Gasteiger partial charge < -0.3 is 15.4 Å². The monoisotopic (exact) mass is 237 g/mol. The van der Waals surface area contributed by atoms with Gasteiger partial charge in [0.1, 0.15) is 0 Å². The Balaban J connectivity index is 2.58. The first-order chi connectivity index (χ1) is 7.91. The zero-order chi connectivity index (χ0) is 13.1. The van der Waals surface area contributed by atoms with Gasteiger partial charge in [0.05, 0.1) is 12.1 Å². The normalized spacial score (nSPS) is 31.3. The Hall–Kier alpha value is -1.21. The third kappa shape index (κ3) is 2.39. The molecule has 0 heterocycles. The second-order valence-electron chi connectivity index (χ2n) is 5.19. The summed E-state index contributed by atoms with van der Waals surface area (Å²) in [4.78, 5) is 4.14. The second-order valence-corrected chi connectivity index (χ2v) is 5.19. The average Bonchev–Trinajstić information content (AvgIpc) is 2.32. The zero-order valence-corrected chi connectivity index (χ0v) is 11.4. The Bertz CT molecular complexity index is 343. The number of ether oxygens (including phenoxy) is 1. The van der Waals surface area contributed by atoms with Gasteiger partial charge in [0.15, 0.2) is 5.96 Å². The van der Waals surface area contributed by atoms with Gasteiger partial charge in [0.2, 0.25) is 0 Å². The van der Waals surface area contributed by atoms with Crippen LogP contribution < -0.4 is 10.6 Å². The molecule has 0 aromatic carbocycles. The number of nitrogens with zero attached hydrogens (tertiary/aromatic N) is 1. The molecule has 4 nitrogen and oxygen atoms in total. The molecule has 1 rings (SSSR count). The van der Waals surface area contributed by atoms with E-state index in [1.54, 1.807) is 14.2 Å². The Morgan fingerprint density at radius 2 is 2.18 bits per heavy atom. The van der Waals surface area contributed by atoms with Gasteiger partial charge in [-0.15, -0.1) is 6.42 Å². The van der Waals surface area contributed by atoms with Crippen molar-refractivity contribution < 1.29 is 4.74 Å². The Kier molecular flexibility index (Phi) is 4.05. The lowest BCUT2D eigenvalue weighted by molar-refractivity contribution is -0.176. The molecule has 17 heavy (non-hydrogen) atoms. The summed E-state index contributed by atoms with van der Waals surface area (Å²) < 4.78 is 5.58. The molecule has 4 heteroatoms. The third-order valence-corrected chi connectivity index (χ3v) is 4.17. The van der Waals surface area contributed by atoms with E-state index in [9.17, 15) is 0 Å². The largest absolute Gasteiger partial charge is 0.378 e. The number of terminal acetylenes is 1. The highest BCUT2D eigenvalue weighted by molar-refractivity contribution is 5.80. The topological polar surface area (TPSA) is 45.7 Å². The van der Waals surface area contributed by atoms with E-state index in [-0.39, 0.29) is 11.0 Å². The van der Waals surface area contributed by atoms with Crippen LogP contribution in [0.1, 0.15) is 27.2 Å². The molecular weight excluding hydrogens is 214 g/mol. The van der Waals surface area contributed by atoms with Crippen LogP contribution in [0.3, 0.4) is 0 Å². The maximum absolute atomic E-state index is 5.58. The highest BCUT2D eigenvalue weighted by atomic mass is 16.5. The van der Waals surface area contributed by atoms with Crippen LogP contribution in [0.2, 0.25) is 0 Å². The molecule has 0 aromatic heterocycles. The molecule has 2 N–H and O–H groups in total. The minimum Gasteiger partial charge on any atom is -0.378 e. The molecular formula is C13H23N3O. The van der Waals surface area contributed by atoms with Crippen molar-refractivity contribution in [2.75, 3.05) is 20.7 Å². The van der Waals surface area contributed by atoms with Crippen LogP contribution in [-0.4, -0.2) is 38.3 Å². The minimum atomic E-state index is -0.0738. The highest BCUT2D eigenvalue weighted by Gasteiger charge is 2.57. The van der Waals surface area contributed by atoms with E-state index < -0.39 is 0 Å². The number of nitrogens with one attached hydrogen (secondary N) is 2. The molecule has 0 bridgehead atoms. The van der Waals surface area contributed by atoms with Gasteiger partial charge >= 0.3 is 0 Å². The van der Waals surface area contributed by atoms with E-state index in [4.69, 9.17) is 11.2 Å². The summed E-state index contributed by atoms with van der Waals surface area (Å²) in [5.74, 6) is 3.28. The lowest BCUT2D eigenvalue weighted by Crippen LogP contribution is -2.69. The first-order valence-electron chi connectivity index (χ1n) is 5.87. The molecule has 0 spiro atoms. The number of guanidine groups is 1. The second kappa shape index (κ2) is 4.97. The maximum atomic E-state index is 5.58. The van der Waals surface area contributed by atoms with E-state index in [0.29, 0.717) is 12.6 Å². The van der Waals surface area contributed by atoms with Gasteiger partial charge in [-0.3, -0.25) is 4.99 Å². The highest BCUT2D eigenvalue weighted by Crippen LogP contribution is 2.51. The van der Waals surface area contributed by atoms with Crippen LogP contribution in [0.5, 0.6) is 0 Å². The number of methoxy groups -OCH3 is 1. The molecule has 1 aliphatic carbocycles. The van der Waals surface area contributed by atoms with E-state index in [1.165, 1.54) is 0 Å².